The van der Waals surface area contributed by atoms with E-state index in [1.54, 1.807) is 18.0 Å². The Labute approximate surface area is 119 Å². The molecule has 19 heavy (non-hydrogen) atoms. The first-order valence-corrected chi connectivity index (χ1v) is 7.92. The summed E-state index contributed by atoms with van der Waals surface area (Å²) >= 11 is 1.77. The smallest absolute Gasteiger partial charge is 0.271 e. The molecular weight excluding hydrogens is 260 g/mol. The number of nitrogens with zero attached hydrogens (tertiary/aromatic N) is 2. The van der Waals surface area contributed by atoms with Crippen molar-refractivity contribution in [3.63, 3.8) is 0 Å². The van der Waals surface area contributed by atoms with Crippen LogP contribution in [0.4, 0.5) is 5.82 Å². The van der Waals surface area contributed by atoms with Crippen LogP contribution in [0.2, 0.25) is 0 Å². The Balaban J connectivity index is 2.48. The third-order valence-corrected chi connectivity index (χ3v) is 3.22. The number of amides is 1. The molecule has 2 N–H and O–H groups in total. The molecule has 0 spiro atoms. The van der Waals surface area contributed by atoms with E-state index in [-0.39, 0.29) is 11.9 Å². The lowest BCUT2D eigenvalue weighted by Gasteiger charge is -2.12. The highest BCUT2D eigenvalue weighted by atomic mass is 32.2. The van der Waals surface area contributed by atoms with Crippen LogP contribution >= 0.6 is 11.8 Å². The minimum absolute atomic E-state index is 0.152. The minimum atomic E-state index is -0.164. The Morgan fingerprint density at radius 3 is 2.79 bits per heavy atom. The maximum atomic E-state index is 11.9. The number of hydrogen-bond acceptors (Lipinski definition) is 5. The van der Waals surface area contributed by atoms with Crippen LogP contribution in [0.1, 0.15) is 37.2 Å². The molecule has 1 amide bonds. The van der Waals surface area contributed by atoms with Gasteiger partial charge < -0.3 is 10.6 Å². The van der Waals surface area contributed by atoms with Crippen molar-refractivity contribution in [1.29, 1.82) is 0 Å². The van der Waals surface area contributed by atoms with E-state index in [9.17, 15) is 4.79 Å². The van der Waals surface area contributed by atoms with Gasteiger partial charge in [0.1, 0.15) is 11.5 Å². The number of carbonyl (C=O) groups is 1. The zero-order valence-corrected chi connectivity index (χ0v) is 12.6. The van der Waals surface area contributed by atoms with E-state index in [1.165, 1.54) is 6.20 Å². The largest absolute Gasteiger partial charge is 0.369 e. The summed E-state index contributed by atoms with van der Waals surface area (Å²) in [7, 11) is 0. The lowest BCUT2D eigenvalue weighted by Crippen LogP contribution is -2.33. The second-order valence-corrected chi connectivity index (χ2v) is 5.36. The van der Waals surface area contributed by atoms with Crippen LogP contribution in [0.5, 0.6) is 0 Å². The van der Waals surface area contributed by atoms with E-state index >= 15 is 0 Å². The maximum absolute atomic E-state index is 11.9. The molecule has 1 atom stereocenters. The SMILES string of the molecule is CCCNc1cnc(C(=O)NC(C)CCSC)cn1. The van der Waals surface area contributed by atoms with E-state index in [4.69, 9.17) is 0 Å². The van der Waals surface area contributed by atoms with E-state index in [0.717, 1.165) is 25.1 Å². The van der Waals surface area contributed by atoms with Crippen LogP contribution in [0.3, 0.4) is 0 Å². The van der Waals surface area contributed by atoms with Gasteiger partial charge in [-0.05, 0) is 31.8 Å². The van der Waals surface area contributed by atoms with Gasteiger partial charge in [-0.25, -0.2) is 9.97 Å². The predicted molar refractivity (Wildman–Crippen MR) is 80.7 cm³/mol. The van der Waals surface area contributed by atoms with E-state index in [2.05, 4.69) is 33.8 Å². The minimum Gasteiger partial charge on any atom is -0.369 e. The molecule has 1 rings (SSSR count). The molecule has 0 saturated carbocycles. The summed E-state index contributed by atoms with van der Waals surface area (Å²) in [4.78, 5) is 20.2. The van der Waals surface area contributed by atoms with Crippen molar-refractivity contribution in [2.45, 2.75) is 32.7 Å². The van der Waals surface area contributed by atoms with E-state index in [0.29, 0.717) is 11.5 Å². The Morgan fingerprint density at radius 2 is 2.21 bits per heavy atom. The van der Waals surface area contributed by atoms with E-state index in [1.807, 2.05) is 6.92 Å². The number of nitrogens with one attached hydrogen (secondary N) is 2. The van der Waals surface area contributed by atoms with Crippen LogP contribution in [0.25, 0.3) is 0 Å². The molecule has 106 valence electrons. The molecule has 0 aliphatic heterocycles. The predicted octanol–water partition coefficient (Wildman–Crippen LogP) is 2.17. The highest BCUT2D eigenvalue weighted by Gasteiger charge is 2.11. The molecule has 1 aromatic rings. The van der Waals surface area contributed by atoms with Gasteiger partial charge in [0.25, 0.3) is 5.91 Å². The molecule has 1 aromatic heterocycles. The van der Waals surface area contributed by atoms with Crippen LogP contribution in [0.15, 0.2) is 12.4 Å². The second kappa shape index (κ2) is 8.74. The van der Waals surface area contributed by atoms with Gasteiger partial charge in [0.2, 0.25) is 0 Å². The Hall–Kier alpha value is -1.30. The summed E-state index contributed by atoms with van der Waals surface area (Å²) in [6.45, 7) is 4.93. The average molecular weight is 282 g/mol. The second-order valence-electron chi connectivity index (χ2n) is 4.37. The molecule has 1 unspecified atom stereocenters. The van der Waals surface area contributed by atoms with Crippen LogP contribution in [0, 0.1) is 0 Å². The molecular formula is C13H22N4OS. The third kappa shape index (κ3) is 5.92. The maximum Gasteiger partial charge on any atom is 0.271 e. The summed E-state index contributed by atoms with van der Waals surface area (Å²) in [5.74, 6) is 1.57. The fourth-order valence-corrected chi connectivity index (χ4v) is 2.04. The molecule has 0 aliphatic rings. The number of rotatable bonds is 8. The number of carbonyl (C=O) groups excluding carboxylic acids is 1. The van der Waals surface area contributed by atoms with Crippen molar-refractivity contribution in [3.8, 4) is 0 Å². The van der Waals surface area contributed by atoms with Crippen LogP contribution < -0.4 is 10.6 Å². The molecule has 0 radical (unpaired) electrons. The fraction of sp³-hybridized carbons (Fsp3) is 0.615. The molecule has 0 fully saturated rings. The first-order valence-electron chi connectivity index (χ1n) is 6.53. The first kappa shape index (κ1) is 15.8. The van der Waals surface area contributed by atoms with Gasteiger partial charge in [-0.3, -0.25) is 4.79 Å². The summed E-state index contributed by atoms with van der Waals surface area (Å²) < 4.78 is 0. The molecule has 0 aliphatic carbocycles. The van der Waals surface area contributed by atoms with Crippen LogP contribution in [-0.2, 0) is 0 Å². The number of anilines is 1. The Morgan fingerprint density at radius 1 is 1.42 bits per heavy atom. The van der Waals surface area contributed by atoms with Crippen molar-refractivity contribution in [2.75, 3.05) is 23.9 Å². The van der Waals surface area contributed by atoms with Crippen molar-refractivity contribution in [1.82, 2.24) is 15.3 Å². The van der Waals surface area contributed by atoms with Gasteiger partial charge >= 0.3 is 0 Å². The van der Waals surface area contributed by atoms with Gasteiger partial charge in [0.05, 0.1) is 12.4 Å². The third-order valence-electron chi connectivity index (χ3n) is 2.57. The quantitative estimate of drug-likeness (QED) is 0.765. The van der Waals surface area contributed by atoms with Gasteiger partial charge in [0.15, 0.2) is 0 Å². The molecule has 0 aromatic carbocycles. The lowest BCUT2D eigenvalue weighted by atomic mass is 10.2. The molecule has 0 saturated heterocycles. The monoisotopic (exact) mass is 282 g/mol. The van der Waals surface area contributed by atoms with Crippen molar-refractivity contribution >= 4 is 23.5 Å². The zero-order valence-electron chi connectivity index (χ0n) is 11.8. The number of hydrogen-bond donors (Lipinski definition) is 2. The average Bonchev–Trinajstić information content (AvgIpc) is 2.43. The molecule has 5 nitrogen and oxygen atoms in total. The number of aromatic nitrogens is 2. The van der Waals surface area contributed by atoms with Crippen molar-refractivity contribution in [2.24, 2.45) is 0 Å². The summed E-state index contributed by atoms with van der Waals surface area (Å²) in [5.41, 5.74) is 0.359. The molecule has 1 heterocycles. The van der Waals surface area contributed by atoms with Gasteiger partial charge in [-0.2, -0.15) is 11.8 Å². The summed E-state index contributed by atoms with van der Waals surface area (Å²) in [6.07, 6.45) is 7.14. The Bertz CT molecular complexity index is 383. The highest BCUT2D eigenvalue weighted by molar-refractivity contribution is 7.98. The lowest BCUT2D eigenvalue weighted by molar-refractivity contribution is 0.0934. The normalized spacial score (nSPS) is 11.9. The van der Waals surface area contributed by atoms with Crippen molar-refractivity contribution in [3.05, 3.63) is 18.1 Å². The van der Waals surface area contributed by atoms with Gasteiger partial charge in [-0.1, -0.05) is 6.92 Å². The topological polar surface area (TPSA) is 66.9 Å². The standard InChI is InChI=1S/C13H22N4OS/c1-4-6-14-12-9-15-11(8-16-12)13(18)17-10(2)5-7-19-3/h8-10H,4-7H2,1-3H3,(H,14,16)(H,17,18). The van der Waals surface area contributed by atoms with Gasteiger partial charge in [0, 0.05) is 12.6 Å². The van der Waals surface area contributed by atoms with Crippen LogP contribution in [-0.4, -0.2) is 40.5 Å². The summed E-state index contributed by atoms with van der Waals surface area (Å²) in [5, 5.41) is 6.04. The number of thioether (sulfide) groups is 1. The first-order chi connectivity index (χ1) is 9.17. The summed E-state index contributed by atoms with van der Waals surface area (Å²) in [6, 6.07) is 0.152. The zero-order chi connectivity index (χ0) is 14.1. The van der Waals surface area contributed by atoms with E-state index < -0.39 is 0 Å². The van der Waals surface area contributed by atoms with Gasteiger partial charge in [-0.15, -0.1) is 0 Å². The highest BCUT2D eigenvalue weighted by Crippen LogP contribution is 2.03. The fourth-order valence-electron chi connectivity index (χ4n) is 1.45. The van der Waals surface area contributed by atoms with Crippen molar-refractivity contribution < 1.29 is 4.79 Å². The Kier molecular flexibility index (Phi) is 7.25. The molecule has 6 heteroatoms. The molecule has 0 bridgehead atoms.